The molecule has 0 N–H and O–H groups in total. The maximum absolute atomic E-state index is 12.9. The van der Waals surface area contributed by atoms with Crippen molar-refractivity contribution in [3.05, 3.63) is 12.2 Å². The van der Waals surface area contributed by atoms with Crippen LogP contribution in [0.15, 0.2) is 12.2 Å². The van der Waals surface area contributed by atoms with Crippen LogP contribution in [0.1, 0.15) is 374 Å². The number of allylic oxidation sites excluding steroid dienone is 2. The molecule has 426 valence electrons. The highest BCUT2D eigenvalue weighted by Gasteiger charge is 2.19. The van der Waals surface area contributed by atoms with Gasteiger partial charge in [0.05, 0.1) is 0 Å². The normalized spacial score (nSPS) is 12.0. The van der Waals surface area contributed by atoms with Gasteiger partial charge in [0.1, 0.15) is 13.2 Å². The molecule has 1 atom stereocenters. The number of carbonyl (C=O) groups excluding carboxylic acids is 3. The summed E-state index contributed by atoms with van der Waals surface area (Å²) in [7, 11) is 0. The Bertz CT molecular complexity index is 1120. The van der Waals surface area contributed by atoms with Gasteiger partial charge in [-0.05, 0) is 44.9 Å². The minimum atomic E-state index is -0.766. The Balaban J connectivity index is 4.30. The largest absolute Gasteiger partial charge is 0.462 e. The molecule has 0 aromatic heterocycles. The molecule has 0 aromatic rings. The van der Waals surface area contributed by atoms with E-state index in [1.165, 1.54) is 276 Å². The lowest BCUT2D eigenvalue weighted by Gasteiger charge is -2.18. The van der Waals surface area contributed by atoms with E-state index in [-0.39, 0.29) is 31.1 Å². The molecule has 0 rings (SSSR count). The second-order valence-corrected chi connectivity index (χ2v) is 22.4. The summed E-state index contributed by atoms with van der Waals surface area (Å²) in [4.78, 5) is 38.3. The number of hydrogen-bond donors (Lipinski definition) is 0. The topological polar surface area (TPSA) is 78.9 Å². The van der Waals surface area contributed by atoms with Crippen LogP contribution < -0.4 is 0 Å². The molecule has 0 aliphatic carbocycles. The number of hydrogen-bond acceptors (Lipinski definition) is 6. The van der Waals surface area contributed by atoms with Gasteiger partial charge in [0.2, 0.25) is 0 Å². The Kier molecular flexibility index (Phi) is 60.1. The van der Waals surface area contributed by atoms with Crippen molar-refractivity contribution < 1.29 is 28.6 Å². The number of carbonyl (C=O) groups is 3. The zero-order chi connectivity index (χ0) is 52.2. The Morgan fingerprint density at radius 1 is 0.264 bits per heavy atom. The van der Waals surface area contributed by atoms with Gasteiger partial charge in [0.25, 0.3) is 0 Å². The van der Waals surface area contributed by atoms with Crippen molar-refractivity contribution in [1.82, 2.24) is 0 Å². The maximum atomic E-state index is 12.9. The van der Waals surface area contributed by atoms with E-state index in [4.69, 9.17) is 14.2 Å². The SMILES string of the molecule is CCCCCCCC/C=C/CCCCCCCCCCCC(=O)OC[C@@H](COC(=O)CCCCCCCCCCCCCCCCCC)OC(=O)CCCCCCCCCCCCCCCCCCCCC. The molecule has 6 heteroatoms. The van der Waals surface area contributed by atoms with Crippen molar-refractivity contribution >= 4 is 17.9 Å². The predicted molar refractivity (Wildman–Crippen MR) is 312 cm³/mol. The van der Waals surface area contributed by atoms with E-state index in [2.05, 4.69) is 32.9 Å². The molecular weight excluding hydrogens is 889 g/mol. The van der Waals surface area contributed by atoms with Gasteiger partial charge >= 0.3 is 17.9 Å². The lowest BCUT2D eigenvalue weighted by Crippen LogP contribution is -2.30. The van der Waals surface area contributed by atoms with Crippen molar-refractivity contribution in [2.24, 2.45) is 0 Å². The molecule has 0 radical (unpaired) electrons. The Morgan fingerprint density at radius 3 is 0.694 bits per heavy atom. The van der Waals surface area contributed by atoms with E-state index in [9.17, 15) is 14.4 Å². The molecule has 0 heterocycles. The van der Waals surface area contributed by atoms with Crippen molar-refractivity contribution in [2.45, 2.75) is 380 Å². The lowest BCUT2D eigenvalue weighted by molar-refractivity contribution is -0.167. The Hall–Kier alpha value is -1.85. The molecule has 0 bridgehead atoms. The summed E-state index contributed by atoms with van der Waals surface area (Å²) in [6.45, 7) is 6.72. The smallest absolute Gasteiger partial charge is 0.306 e. The highest BCUT2D eigenvalue weighted by atomic mass is 16.6. The fourth-order valence-electron chi connectivity index (χ4n) is 10.1. The van der Waals surface area contributed by atoms with Gasteiger partial charge in [0.15, 0.2) is 6.10 Å². The molecule has 0 amide bonds. The molecule has 0 saturated heterocycles. The van der Waals surface area contributed by atoms with Crippen molar-refractivity contribution in [2.75, 3.05) is 13.2 Å². The number of unbranched alkanes of at least 4 members (excludes halogenated alkanes) is 48. The number of ether oxygens (including phenoxy) is 3. The highest BCUT2D eigenvalue weighted by Crippen LogP contribution is 2.18. The van der Waals surface area contributed by atoms with Gasteiger partial charge in [-0.1, -0.05) is 322 Å². The molecule has 0 aliphatic rings. The van der Waals surface area contributed by atoms with E-state index in [1.54, 1.807) is 0 Å². The minimum absolute atomic E-state index is 0.0636. The summed E-state index contributed by atoms with van der Waals surface area (Å²) >= 11 is 0. The predicted octanol–water partition coefficient (Wildman–Crippen LogP) is 22.1. The third kappa shape index (κ3) is 59.0. The fraction of sp³-hybridized carbons (Fsp3) is 0.924. The third-order valence-corrected chi connectivity index (χ3v) is 15.0. The van der Waals surface area contributed by atoms with Crippen molar-refractivity contribution in [3.63, 3.8) is 0 Å². The first kappa shape index (κ1) is 70.1. The molecule has 0 saturated carbocycles. The summed E-state index contributed by atoms with van der Waals surface area (Å²) in [5, 5.41) is 0. The van der Waals surface area contributed by atoms with Gasteiger partial charge in [0, 0.05) is 19.3 Å². The second-order valence-electron chi connectivity index (χ2n) is 22.4. The van der Waals surface area contributed by atoms with Crippen LogP contribution >= 0.6 is 0 Å². The van der Waals surface area contributed by atoms with Crippen LogP contribution in [0.5, 0.6) is 0 Å². The molecular formula is C66H126O6. The van der Waals surface area contributed by atoms with E-state index in [0.717, 1.165) is 57.8 Å². The number of rotatable bonds is 61. The lowest BCUT2D eigenvalue weighted by atomic mass is 10.0. The first-order chi connectivity index (χ1) is 35.5. The van der Waals surface area contributed by atoms with Crippen molar-refractivity contribution in [1.29, 1.82) is 0 Å². The van der Waals surface area contributed by atoms with E-state index in [0.29, 0.717) is 19.3 Å². The molecule has 0 spiro atoms. The molecule has 0 unspecified atom stereocenters. The van der Waals surface area contributed by atoms with E-state index in [1.807, 2.05) is 0 Å². The fourth-order valence-corrected chi connectivity index (χ4v) is 10.1. The van der Waals surface area contributed by atoms with E-state index < -0.39 is 6.10 Å². The van der Waals surface area contributed by atoms with Crippen molar-refractivity contribution in [3.8, 4) is 0 Å². The summed E-state index contributed by atoms with van der Waals surface area (Å²) in [5.41, 5.74) is 0. The van der Waals surface area contributed by atoms with Gasteiger partial charge in [-0.15, -0.1) is 0 Å². The second kappa shape index (κ2) is 61.7. The molecule has 72 heavy (non-hydrogen) atoms. The maximum Gasteiger partial charge on any atom is 0.306 e. The van der Waals surface area contributed by atoms with Crippen LogP contribution in [0.2, 0.25) is 0 Å². The monoisotopic (exact) mass is 1010 g/mol. The first-order valence-electron chi connectivity index (χ1n) is 32.7. The summed E-state index contributed by atoms with van der Waals surface area (Å²) in [6.07, 6.45) is 72.1. The molecule has 0 aliphatic heterocycles. The summed E-state index contributed by atoms with van der Waals surface area (Å²) in [6, 6.07) is 0. The van der Waals surface area contributed by atoms with Gasteiger partial charge in [-0.3, -0.25) is 14.4 Å². The van der Waals surface area contributed by atoms with Gasteiger partial charge in [-0.25, -0.2) is 0 Å². The van der Waals surface area contributed by atoms with Crippen LogP contribution in [0.4, 0.5) is 0 Å². The van der Waals surface area contributed by atoms with Crippen LogP contribution in [0, 0.1) is 0 Å². The summed E-state index contributed by atoms with van der Waals surface area (Å²) < 4.78 is 17.0. The quantitative estimate of drug-likeness (QED) is 0.0261. The Morgan fingerprint density at radius 2 is 0.458 bits per heavy atom. The minimum Gasteiger partial charge on any atom is -0.462 e. The van der Waals surface area contributed by atoms with Gasteiger partial charge < -0.3 is 14.2 Å². The van der Waals surface area contributed by atoms with Gasteiger partial charge in [-0.2, -0.15) is 0 Å². The van der Waals surface area contributed by atoms with Crippen LogP contribution in [0.3, 0.4) is 0 Å². The Labute approximate surface area is 450 Å². The van der Waals surface area contributed by atoms with Crippen LogP contribution in [-0.4, -0.2) is 37.2 Å². The average molecular weight is 1020 g/mol. The zero-order valence-corrected chi connectivity index (χ0v) is 49.0. The van der Waals surface area contributed by atoms with Crippen LogP contribution in [-0.2, 0) is 28.6 Å². The molecule has 0 fully saturated rings. The van der Waals surface area contributed by atoms with E-state index >= 15 is 0 Å². The molecule has 0 aromatic carbocycles. The molecule has 6 nitrogen and oxygen atoms in total. The zero-order valence-electron chi connectivity index (χ0n) is 49.0. The highest BCUT2D eigenvalue weighted by molar-refractivity contribution is 5.71. The summed E-state index contributed by atoms with van der Waals surface area (Å²) in [5.74, 6) is -0.833. The average Bonchev–Trinajstić information content (AvgIpc) is 3.38. The standard InChI is InChI=1S/C66H126O6/c1-4-7-10-13-16-19-22-25-28-31-33-35-38-41-44-47-50-53-56-59-65(68)71-62-63(61-70-64(67)58-55-52-49-46-43-40-37-30-27-24-21-18-15-12-9-6-3)72-66(69)60-57-54-51-48-45-42-39-36-34-32-29-26-23-20-17-14-11-8-5-2/h25,28,63H,4-24,26-27,29-62H2,1-3H3/b28-25+/t63-/m1/s1. The number of esters is 3. The third-order valence-electron chi connectivity index (χ3n) is 15.0. The first-order valence-corrected chi connectivity index (χ1v) is 32.7. The van der Waals surface area contributed by atoms with Crippen LogP contribution in [0.25, 0.3) is 0 Å².